The summed E-state index contributed by atoms with van der Waals surface area (Å²) in [4.78, 5) is 12.8. The molecule has 3 unspecified atom stereocenters. The lowest BCUT2D eigenvalue weighted by atomic mass is 9.36. The molecule has 0 bridgehead atoms. The third-order valence-electron chi connectivity index (χ3n) is 12.9. The first-order valence-electron chi connectivity index (χ1n) is 14.2. The van der Waals surface area contributed by atoms with Gasteiger partial charge >= 0.3 is 5.97 Å². The molecule has 4 heteroatoms. The van der Waals surface area contributed by atoms with E-state index in [4.69, 9.17) is 4.52 Å². The molecule has 1 N–H and O–H groups in total. The maximum Gasteiger partial charge on any atom is 0.310 e. The molecule has 3 fully saturated rings. The van der Waals surface area contributed by atoms with E-state index in [0.29, 0.717) is 23.7 Å². The normalized spacial score (nSPS) is 47.3. The van der Waals surface area contributed by atoms with Gasteiger partial charge in [-0.3, -0.25) is 4.79 Å². The number of hydrogen-bond donors (Lipinski definition) is 1. The van der Waals surface area contributed by atoms with Crippen LogP contribution in [0.15, 0.2) is 22.4 Å². The fraction of sp³-hybridized carbons (Fsp3) is 0.806. The zero-order valence-corrected chi connectivity index (χ0v) is 22.9. The topological polar surface area (TPSA) is 63.3 Å². The zero-order valence-electron chi connectivity index (χ0n) is 22.9. The number of carboxylic acids is 1. The molecule has 5 aliphatic rings. The molecule has 1 aromatic rings. The van der Waals surface area contributed by atoms with E-state index in [-0.39, 0.29) is 27.6 Å². The summed E-state index contributed by atoms with van der Waals surface area (Å²) in [6.45, 7) is 17.0. The maximum absolute atomic E-state index is 12.8. The SMILES string of the molecule is CC1c2cnoc2C(C)(C)[C@@H]2CC[C@]3(C)[C@H](CC=C4C5CC(C)(C)CC[C@]5(C(=O)O)CC[C@]43C)C12. The number of rotatable bonds is 1. The highest BCUT2D eigenvalue weighted by atomic mass is 16.5. The number of aliphatic carboxylic acids is 1. The van der Waals surface area contributed by atoms with Gasteiger partial charge in [0.25, 0.3) is 0 Å². The molecule has 35 heavy (non-hydrogen) atoms. The highest BCUT2D eigenvalue weighted by Crippen LogP contribution is 2.74. The van der Waals surface area contributed by atoms with Gasteiger partial charge in [0.1, 0.15) is 5.76 Å². The molecule has 8 atom stereocenters. The predicted molar refractivity (Wildman–Crippen MR) is 137 cm³/mol. The summed E-state index contributed by atoms with van der Waals surface area (Å²) in [5.41, 5.74) is 2.78. The Morgan fingerprint density at radius 2 is 1.74 bits per heavy atom. The van der Waals surface area contributed by atoms with Crippen molar-refractivity contribution in [3.05, 3.63) is 29.2 Å². The molecule has 1 heterocycles. The van der Waals surface area contributed by atoms with Crippen LogP contribution in [0.5, 0.6) is 0 Å². The number of fused-ring (bicyclic) bond motifs is 8. The molecule has 0 saturated heterocycles. The van der Waals surface area contributed by atoms with Crippen molar-refractivity contribution < 1.29 is 14.4 Å². The van der Waals surface area contributed by atoms with Crippen molar-refractivity contribution in [1.82, 2.24) is 5.16 Å². The fourth-order valence-corrected chi connectivity index (χ4v) is 10.5. The molecule has 6 rings (SSSR count). The smallest absolute Gasteiger partial charge is 0.310 e. The second-order valence-corrected chi connectivity index (χ2v) is 15.0. The Labute approximate surface area is 211 Å². The van der Waals surface area contributed by atoms with Gasteiger partial charge in [-0.2, -0.15) is 0 Å². The van der Waals surface area contributed by atoms with E-state index in [1.165, 1.54) is 24.0 Å². The second kappa shape index (κ2) is 7.04. The first-order valence-corrected chi connectivity index (χ1v) is 14.2. The first-order chi connectivity index (χ1) is 16.3. The van der Waals surface area contributed by atoms with Crippen LogP contribution >= 0.6 is 0 Å². The highest BCUT2D eigenvalue weighted by molar-refractivity contribution is 5.76. The van der Waals surface area contributed by atoms with E-state index < -0.39 is 11.4 Å². The van der Waals surface area contributed by atoms with Crippen molar-refractivity contribution in [2.24, 2.45) is 45.3 Å². The Kier molecular flexibility index (Phi) is 4.79. The van der Waals surface area contributed by atoms with Crippen LogP contribution < -0.4 is 0 Å². The van der Waals surface area contributed by atoms with E-state index in [2.05, 4.69) is 59.7 Å². The Bertz CT molecular complexity index is 1100. The second-order valence-electron chi connectivity index (χ2n) is 15.0. The van der Waals surface area contributed by atoms with Gasteiger partial charge in [0.05, 0.1) is 11.6 Å². The van der Waals surface area contributed by atoms with E-state index in [9.17, 15) is 9.90 Å². The van der Waals surface area contributed by atoms with Crippen molar-refractivity contribution in [1.29, 1.82) is 0 Å². The van der Waals surface area contributed by atoms with Crippen LogP contribution in [0.2, 0.25) is 0 Å². The van der Waals surface area contributed by atoms with Crippen LogP contribution in [0.25, 0.3) is 0 Å². The molecule has 4 nitrogen and oxygen atoms in total. The minimum Gasteiger partial charge on any atom is -0.481 e. The molecule has 0 aliphatic heterocycles. The lowest BCUT2D eigenvalue weighted by molar-refractivity contribution is -0.169. The largest absolute Gasteiger partial charge is 0.481 e. The molecule has 0 aromatic carbocycles. The Morgan fingerprint density at radius 1 is 1.03 bits per heavy atom. The lowest BCUT2D eigenvalue weighted by Crippen LogP contribution is -2.62. The number of carboxylic acid groups (broad SMARTS) is 1. The lowest BCUT2D eigenvalue weighted by Gasteiger charge is -2.68. The van der Waals surface area contributed by atoms with Crippen molar-refractivity contribution in [2.75, 3.05) is 0 Å². The monoisotopic (exact) mass is 479 g/mol. The molecule has 0 amide bonds. The highest BCUT2D eigenvalue weighted by Gasteiger charge is 2.67. The van der Waals surface area contributed by atoms with Gasteiger partial charge in [-0.15, -0.1) is 0 Å². The van der Waals surface area contributed by atoms with Crippen molar-refractivity contribution >= 4 is 5.97 Å². The van der Waals surface area contributed by atoms with Gasteiger partial charge in [0, 0.05) is 11.0 Å². The molecule has 1 aromatic heterocycles. The molecular weight excluding hydrogens is 434 g/mol. The molecule has 0 spiro atoms. The van der Waals surface area contributed by atoms with Crippen LogP contribution in [0, 0.1) is 45.3 Å². The Morgan fingerprint density at radius 3 is 2.46 bits per heavy atom. The molecule has 5 aliphatic carbocycles. The van der Waals surface area contributed by atoms with Gasteiger partial charge in [0.15, 0.2) is 0 Å². The third-order valence-corrected chi connectivity index (χ3v) is 12.9. The fourth-order valence-electron chi connectivity index (χ4n) is 10.5. The molecule has 3 saturated carbocycles. The minimum absolute atomic E-state index is 0.00760. The van der Waals surface area contributed by atoms with Crippen LogP contribution in [-0.2, 0) is 10.2 Å². The zero-order chi connectivity index (χ0) is 25.2. The van der Waals surface area contributed by atoms with Crippen molar-refractivity contribution in [2.45, 2.75) is 111 Å². The van der Waals surface area contributed by atoms with Gasteiger partial charge < -0.3 is 9.63 Å². The van der Waals surface area contributed by atoms with Crippen LogP contribution in [0.1, 0.15) is 117 Å². The summed E-state index contributed by atoms with van der Waals surface area (Å²) in [7, 11) is 0. The van der Waals surface area contributed by atoms with Gasteiger partial charge in [-0.1, -0.05) is 65.3 Å². The predicted octanol–water partition coefficient (Wildman–Crippen LogP) is 7.75. The van der Waals surface area contributed by atoms with Crippen LogP contribution in [0.4, 0.5) is 0 Å². The molecule has 192 valence electrons. The van der Waals surface area contributed by atoms with E-state index >= 15 is 0 Å². The summed E-state index contributed by atoms with van der Waals surface area (Å²) in [6.07, 6.45) is 12.8. The summed E-state index contributed by atoms with van der Waals surface area (Å²) in [5.74, 6) is 3.03. The maximum atomic E-state index is 12.8. The molecular formula is C31H45NO3. The van der Waals surface area contributed by atoms with Crippen molar-refractivity contribution in [3.8, 4) is 0 Å². The number of carbonyl (C=O) groups is 1. The van der Waals surface area contributed by atoms with E-state index in [1.54, 1.807) is 0 Å². The third kappa shape index (κ3) is 2.80. The minimum atomic E-state index is -0.557. The summed E-state index contributed by atoms with van der Waals surface area (Å²) >= 11 is 0. The van der Waals surface area contributed by atoms with Crippen LogP contribution in [-0.4, -0.2) is 16.2 Å². The van der Waals surface area contributed by atoms with Crippen molar-refractivity contribution in [3.63, 3.8) is 0 Å². The summed E-state index contributed by atoms with van der Waals surface area (Å²) in [5, 5.41) is 14.8. The Balaban J connectivity index is 1.46. The van der Waals surface area contributed by atoms with Gasteiger partial charge in [-0.05, 0) is 97.2 Å². The summed E-state index contributed by atoms with van der Waals surface area (Å²) in [6, 6.07) is 0. The number of nitrogens with zero attached hydrogens (tertiary/aromatic N) is 1. The average molecular weight is 480 g/mol. The first kappa shape index (κ1) is 23.8. The van der Waals surface area contributed by atoms with E-state index in [1.807, 2.05) is 6.20 Å². The standard InChI is InChI=1S/C31H45NO3/c1-18-19-17-32-35-25(19)28(4,5)21-10-11-29(6)22(24(18)21)9-8-20-23-16-27(2,3)12-14-31(23,26(33)34)15-13-30(20,29)7/h8,17-18,21-24H,9-16H2,1-7H3,(H,33,34)/t18?,21-,22-,23?,24?,29-,30-,31+/m1/s1. The number of aromatic nitrogens is 1. The Hall–Kier alpha value is -1.58. The van der Waals surface area contributed by atoms with Crippen LogP contribution in [0.3, 0.4) is 0 Å². The summed E-state index contributed by atoms with van der Waals surface area (Å²) < 4.78 is 5.85. The van der Waals surface area contributed by atoms with E-state index in [0.717, 1.165) is 44.3 Å². The quantitative estimate of drug-likeness (QED) is 0.418. The number of hydrogen-bond acceptors (Lipinski definition) is 3. The average Bonchev–Trinajstić information content (AvgIpc) is 3.28. The van der Waals surface area contributed by atoms with Gasteiger partial charge in [-0.25, -0.2) is 0 Å². The number of allylic oxidation sites excluding steroid dienone is 2. The molecule has 0 radical (unpaired) electrons. The van der Waals surface area contributed by atoms with Gasteiger partial charge in [0.2, 0.25) is 0 Å².